The first-order valence-electron chi connectivity index (χ1n) is 27.5. The number of carbonyl (C=O) groups excluding carboxylic acids is 3. The number of allylic oxidation sites excluding steroid dienone is 26. The van der Waals surface area contributed by atoms with Crippen LogP contribution in [0.25, 0.3) is 0 Å². The lowest BCUT2D eigenvalue weighted by Crippen LogP contribution is -2.30. The van der Waals surface area contributed by atoms with Crippen LogP contribution in [0.3, 0.4) is 0 Å². The van der Waals surface area contributed by atoms with Crippen molar-refractivity contribution in [2.24, 2.45) is 0 Å². The minimum atomic E-state index is -0.827. The summed E-state index contributed by atoms with van der Waals surface area (Å²) < 4.78 is 16.7. The Balaban J connectivity index is 4.41. The zero-order valence-electron chi connectivity index (χ0n) is 44.5. The number of hydrogen-bond acceptors (Lipinski definition) is 6. The summed E-state index contributed by atoms with van der Waals surface area (Å²) >= 11 is 0. The number of carbonyl (C=O) groups is 3. The van der Waals surface area contributed by atoms with E-state index in [0.29, 0.717) is 19.3 Å². The molecular formula is C64H98O6. The molecule has 0 heterocycles. The van der Waals surface area contributed by atoms with E-state index in [4.69, 9.17) is 14.2 Å². The van der Waals surface area contributed by atoms with E-state index in [1.54, 1.807) is 0 Å². The van der Waals surface area contributed by atoms with E-state index in [0.717, 1.165) is 122 Å². The molecule has 0 aliphatic heterocycles. The summed E-state index contributed by atoms with van der Waals surface area (Å²) in [6.07, 6.45) is 82.6. The van der Waals surface area contributed by atoms with Crippen LogP contribution in [0.1, 0.15) is 207 Å². The van der Waals surface area contributed by atoms with Crippen molar-refractivity contribution in [1.29, 1.82) is 0 Å². The predicted octanol–water partition coefficient (Wildman–Crippen LogP) is 18.6. The van der Waals surface area contributed by atoms with Gasteiger partial charge in [-0.05, 0) is 122 Å². The van der Waals surface area contributed by atoms with E-state index in [9.17, 15) is 14.4 Å². The Hall–Kier alpha value is -4.97. The third-order valence-electron chi connectivity index (χ3n) is 10.8. The summed E-state index contributed by atoms with van der Waals surface area (Å²) in [5, 5.41) is 0. The first kappa shape index (κ1) is 65.0. The Kier molecular flexibility index (Phi) is 52.6. The van der Waals surface area contributed by atoms with E-state index >= 15 is 0 Å². The Bertz CT molecular complexity index is 1620. The van der Waals surface area contributed by atoms with Crippen LogP contribution in [-0.2, 0) is 28.6 Å². The number of unbranched alkanes of at least 4 members (excludes halogenated alkanes) is 10. The summed E-state index contributed by atoms with van der Waals surface area (Å²) in [7, 11) is 0. The maximum Gasteiger partial charge on any atom is 0.306 e. The van der Waals surface area contributed by atoms with Crippen LogP contribution in [0.5, 0.6) is 0 Å². The lowest BCUT2D eigenvalue weighted by molar-refractivity contribution is -0.167. The zero-order valence-corrected chi connectivity index (χ0v) is 44.5. The molecule has 0 radical (unpaired) electrons. The molecule has 0 rings (SSSR count). The topological polar surface area (TPSA) is 78.9 Å². The number of ether oxygens (including phenoxy) is 3. The van der Waals surface area contributed by atoms with Crippen LogP contribution in [0.15, 0.2) is 158 Å². The van der Waals surface area contributed by atoms with Crippen LogP contribution in [0.4, 0.5) is 0 Å². The molecule has 1 unspecified atom stereocenters. The first-order chi connectivity index (χ1) is 34.5. The number of rotatable bonds is 47. The van der Waals surface area contributed by atoms with Gasteiger partial charge in [-0.25, -0.2) is 0 Å². The SMILES string of the molecule is CC/C=C\C/C=C\C/C=C\C/C=C\C/C=C\C/C=C\C/C=C\C/C=C\C/C=C\CCCC(=O)OCC(COC(=O)CCCCCCCCCC)OC(=O)CCCC/C=C\C/C=C\C/C=C\C/C=C\CC. The molecule has 0 N–H and O–H groups in total. The molecule has 0 saturated carbocycles. The predicted molar refractivity (Wildman–Crippen MR) is 302 cm³/mol. The molecule has 6 heteroatoms. The van der Waals surface area contributed by atoms with E-state index in [2.05, 4.69) is 179 Å². The Morgan fingerprint density at radius 2 is 0.571 bits per heavy atom. The van der Waals surface area contributed by atoms with E-state index in [1.807, 2.05) is 0 Å². The normalized spacial score (nSPS) is 13.4. The van der Waals surface area contributed by atoms with Gasteiger partial charge in [-0.15, -0.1) is 0 Å². The van der Waals surface area contributed by atoms with Gasteiger partial charge in [-0.2, -0.15) is 0 Å². The fourth-order valence-electron chi connectivity index (χ4n) is 6.73. The van der Waals surface area contributed by atoms with Gasteiger partial charge in [0.05, 0.1) is 0 Å². The Morgan fingerprint density at radius 1 is 0.300 bits per heavy atom. The molecule has 390 valence electrons. The minimum Gasteiger partial charge on any atom is -0.462 e. The number of hydrogen-bond donors (Lipinski definition) is 0. The quantitative estimate of drug-likeness (QED) is 0.0262. The lowest BCUT2D eigenvalue weighted by Gasteiger charge is -2.18. The Morgan fingerprint density at radius 3 is 0.929 bits per heavy atom. The second-order valence-corrected chi connectivity index (χ2v) is 17.4. The third kappa shape index (κ3) is 54.0. The highest BCUT2D eigenvalue weighted by molar-refractivity contribution is 5.71. The van der Waals surface area contributed by atoms with Crippen molar-refractivity contribution >= 4 is 17.9 Å². The van der Waals surface area contributed by atoms with Gasteiger partial charge in [0.2, 0.25) is 0 Å². The average molecular weight is 963 g/mol. The highest BCUT2D eigenvalue weighted by atomic mass is 16.6. The fourth-order valence-corrected chi connectivity index (χ4v) is 6.73. The van der Waals surface area contributed by atoms with Gasteiger partial charge < -0.3 is 14.2 Å². The minimum absolute atomic E-state index is 0.119. The molecular weight excluding hydrogens is 865 g/mol. The number of esters is 3. The van der Waals surface area contributed by atoms with Crippen molar-refractivity contribution in [3.05, 3.63) is 158 Å². The zero-order chi connectivity index (χ0) is 50.7. The van der Waals surface area contributed by atoms with E-state index < -0.39 is 6.10 Å². The molecule has 0 aromatic rings. The molecule has 0 aromatic carbocycles. The van der Waals surface area contributed by atoms with Crippen molar-refractivity contribution in [3.63, 3.8) is 0 Å². The first-order valence-corrected chi connectivity index (χ1v) is 27.5. The molecule has 0 fully saturated rings. The average Bonchev–Trinajstić information content (AvgIpc) is 3.36. The van der Waals surface area contributed by atoms with Gasteiger partial charge in [0.25, 0.3) is 0 Å². The van der Waals surface area contributed by atoms with Crippen molar-refractivity contribution < 1.29 is 28.6 Å². The molecule has 0 aliphatic rings. The van der Waals surface area contributed by atoms with Crippen LogP contribution in [-0.4, -0.2) is 37.2 Å². The molecule has 0 bridgehead atoms. The fraction of sp³-hybridized carbons (Fsp3) is 0.547. The molecule has 0 amide bonds. The summed E-state index contributed by atoms with van der Waals surface area (Å²) in [6, 6.07) is 0. The second-order valence-electron chi connectivity index (χ2n) is 17.4. The van der Waals surface area contributed by atoms with E-state index in [1.165, 1.54) is 32.1 Å². The van der Waals surface area contributed by atoms with Gasteiger partial charge in [0.15, 0.2) is 6.10 Å². The molecule has 70 heavy (non-hydrogen) atoms. The van der Waals surface area contributed by atoms with Crippen LogP contribution >= 0.6 is 0 Å². The maximum absolute atomic E-state index is 12.8. The summed E-state index contributed by atoms with van der Waals surface area (Å²) in [6.45, 7) is 6.26. The molecule has 0 aliphatic carbocycles. The van der Waals surface area contributed by atoms with E-state index in [-0.39, 0.29) is 44.0 Å². The molecule has 6 nitrogen and oxygen atoms in total. The molecule has 0 spiro atoms. The highest BCUT2D eigenvalue weighted by Gasteiger charge is 2.19. The van der Waals surface area contributed by atoms with Crippen LogP contribution in [0.2, 0.25) is 0 Å². The van der Waals surface area contributed by atoms with Gasteiger partial charge in [-0.1, -0.05) is 224 Å². The molecule has 0 saturated heterocycles. The van der Waals surface area contributed by atoms with Gasteiger partial charge in [0, 0.05) is 19.3 Å². The summed E-state index contributed by atoms with van der Waals surface area (Å²) in [5.74, 6) is -1.04. The van der Waals surface area contributed by atoms with Crippen molar-refractivity contribution in [3.8, 4) is 0 Å². The highest BCUT2D eigenvalue weighted by Crippen LogP contribution is 2.12. The summed E-state index contributed by atoms with van der Waals surface area (Å²) in [4.78, 5) is 37.9. The Labute approximate surface area is 429 Å². The van der Waals surface area contributed by atoms with Gasteiger partial charge >= 0.3 is 17.9 Å². The molecule has 0 aromatic heterocycles. The monoisotopic (exact) mass is 963 g/mol. The third-order valence-corrected chi connectivity index (χ3v) is 10.8. The summed E-state index contributed by atoms with van der Waals surface area (Å²) in [5.41, 5.74) is 0. The smallest absolute Gasteiger partial charge is 0.306 e. The van der Waals surface area contributed by atoms with Crippen LogP contribution in [0, 0.1) is 0 Å². The lowest BCUT2D eigenvalue weighted by atomic mass is 10.1. The van der Waals surface area contributed by atoms with Gasteiger partial charge in [-0.3, -0.25) is 14.4 Å². The largest absolute Gasteiger partial charge is 0.462 e. The van der Waals surface area contributed by atoms with Crippen molar-refractivity contribution in [2.75, 3.05) is 13.2 Å². The standard InChI is InChI=1S/C64H98O6/c1-4-7-10-13-16-19-21-23-25-26-27-28-29-30-31-32-33-34-35-36-37-38-40-41-43-45-48-51-54-57-63(66)69-60-61(59-68-62(65)56-53-50-47-18-15-12-9-6-3)70-64(67)58-55-52-49-46-44-42-39-24-22-20-17-14-11-8-5-2/h7-8,10-11,16-17,19-20,23-25,27-28,30-31,33-34,36-37,39-41,44-46,48,61H,4-6,9,12-15,18,21-22,26,29,32,35,38,42-43,47,49-60H2,1-3H3/b10-7-,11-8-,19-16-,20-17-,25-23-,28-27-,31-30-,34-33-,37-36-,39-24-,41-40-,46-44-,48-45-. The van der Waals surface area contributed by atoms with Crippen LogP contribution < -0.4 is 0 Å². The maximum atomic E-state index is 12.8. The van der Waals surface area contributed by atoms with Crippen molar-refractivity contribution in [1.82, 2.24) is 0 Å². The molecule has 1 atom stereocenters. The second kappa shape index (κ2) is 56.6. The van der Waals surface area contributed by atoms with Gasteiger partial charge in [0.1, 0.15) is 13.2 Å². The van der Waals surface area contributed by atoms with Crippen molar-refractivity contribution in [2.45, 2.75) is 213 Å².